The summed E-state index contributed by atoms with van der Waals surface area (Å²) in [6, 6.07) is 0. The highest BCUT2D eigenvalue weighted by atomic mass is 31.1. The highest BCUT2D eigenvalue weighted by molar-refractivity contribution is 7.32. The lowest BCUT2D eigenvalue weighted by Crippen LogP contribution is -1.89. The molecular weight excluding hydrogens is 255 g/mol. The number of hydrogen-bond donors (Lipinski definition) is 0. The van der Waals surface area contributed by atoms with E-state index in [0.29, 0.717) is 8.81 Å². The van der Waals surface area contributed by atoms with Crippen LogP contribution in [0.15, 0.2) is 0 Å². The van der Waals surface area contributed by atoms with E-state index in [4.69, 9.17) is 4.52 Å². The van der Waals surface area contributed by atoms with Crippen LogP contribution in [-0.2, 0) is 9.32 Å². The maximum absolute atomic E-state index is 10.5. The van der Waals surface area contributed by atoms with Gasteiger partial charge in [0, 0.05) is 13.1 Å². The van der Waals surface area contributed by atoms with Crippen LogP contribution in [0.5, 0.6) is 0 Å². The van der Waals surface area contributed by atoms with Gasteiger partial charge in [-0.2, -0.15) is 0 Å². The van der Waals surface area contributed by atoms with Gasteiger partial charge in [-0.3, -0.25) is 4.79 Å². The summed E-state index contributed by atoms with van der Waals surface area (Å²) < 4.78 is 4.93. The van der Waals surface area contributed by atoms with E-state index in [1.165, 1.54) is 84.0 Å². The Morgan fingerprint density at radius 3 is 1.63 bits per heavy atom. The molecule has 3 heteroatoms. The van der Waals surface area contributed by atoms with Crippen LogP contribution < -0.4 is 0 Å². The van der Waals surface area contributed by atoms with Crippen molar-refractivity contribution in [3.8, 4) is 0 Å². The molecule has 0 saturated carbocycles. The average Bonchev–Trinajstić information content (AvgIpc) is 2.39. The molecule has 0 spiro atoms. The summed E-state index contributed by atoms with van der Waals surface area (Å²) in [6.45, 7) is 3.75. The van der Waals surface area contributed by atoms with Crippen molar-refractivity contribution in [1.29, 1.82) is 0 Å². The van der Waals surface area contributed by atoms with Gasteiger partial charge < -0.3 is 4.52 Å². The Morgan fingerprint density at radius 2 is 1.21 bits per heavy atom. The molecule has 0 amide bonds. The molecule has 0 aromatic carbocycles. The maximum atomic E-state index is 10.5. The Labute approximate surface area is 121 Å². The zero-order valence-corrected chi connectivity index (χ0v) is 14.0. The number of rotatable bonds is 14. The lowest BCUT2D eigenvalue weighted by molar-refractivity contribution is -0.130. The molecule has 2 nitrogen and oxygen atoms in total. The van der Waals surface area contributed by atoms with Crippen molar-refractivity contribution < 1.29 is 9.32 Å². The van der Waals surface area contributed by atoms with Gasteiger partial charge in [0.15, 0.2) is 0 Å². The Bertz CT molecular complexity index is 195. The standard InChI is InChI=1S/C16H33O2P/c1-3-4-5-6-7-8-9-10-11-12-13-14-15-19-18-16(2)17/h19H,3-15H2,1-2H3. The first-order valence-electron chi connectivity index (χ1n) is 8.17. The van der Waals surface area contributed by atoms with E-state index >= 15 is 0 Å². The van der Waals surface area contributed by atoms with Gasteiger partial charge in [0.2, 0.25) is 0 Å². The molecule has 0 heterocycles. The molecule has 0 aliphatic rings. The monoisotopic (exact) mass is 288 g/mol. The summed E-state index contributed by atoms with van der Waals surface area (Å²) in [6.07, 6.45) is 17.6. The van der Waals surface area contributed by atoms with Crippen molar-refractivity contribution in [3.63, 3.8) is 0 Å². The quantitative estimate of drug-likeness (QED) is 0.296. The lowest BCUT2D eigenvalue weighted by atomic mass is 10.1. The third-order valence-electron chi connectivity index (χ3n) is 3.35. The van der Waals surface area contributed by atoms with E-state index in [-0.39, 0.29) is 5.97 Å². The molecule has 0 fully saturated rings. The van der Waals surface area contributed by atoms with Crippen LogP contribution in [0.1, 0.15) is 90.9 Å². The zero-order chi connectivity index (χ0) is 14.2. The SMILES string of the molecule is CCCCCCCCCCCCCCPOC(C)=O. The number of unbranched alkanes of at least 4 members (excludes halogenated alkanes) is 11. The Hall–Kier alpha value is -0.100. The van der Waals surface area contributed by atoms with E-state index in [1.807, 2.05) is 0 Å². The molecule has 0 rings (SSSR count). The molecule has 0 radical (unpaired) electrons. The van der Waals surface area contributed by atoms with Crippen LogP contribution >= 0.6 is 8.81 Å². The predicted molar refractivity (Wildman–Crippen MR) is 86.0 cm³/mol. The topological polar surface area (TPSA) is 26.3 Å². The van der Waals surface area contributed by atoms with Crippen molar-refractivity contribution in [2.24, 2.45) is 0 Å². The molecule has 0 aliphatic carbocycles. The molecule has 114 valence electrons. The second kappa shape index (κ2) is 16.0. The fourth-order valence-electron chi connectivity index (χ4n) is 2.19. The van der Waals surface area contributed by atoms with Gasteiger partial charge in [0.1, 0.15) is 0 Å². The first-order chi connectivity index (χ1) is 9.27. The summed E-state index contributed by atoms with van der Waals surface area (Å²) in [7, 11) is 0.375. The van der Waals surface area contributed by atoms with Crippen molar-refractivity contribution in [1.82, 2.24) is 0 Å². The fraction of sp³-hybridized carbons (Fsp3) is 0.938. The Balaban J connectivity index is 2.93. The summed E-state index contributed by atoms with van der Waals surface area (Å²) in [4.78, 5) is 10.5. The Kier molecular flexibility index (Phi) is 15.9. The molecule has 19 heavy (non-hydrogen) atoms. The number of carbonyl (C=O) groups excluding carboxylic acids is 1. The van der Waals surface area contributed by atoms with Crippen LogP contribution in [0.25, 0.3) is 0 Å². The van der Waals surface area contributed by atoms with Gasteiger partial charge in [-0.15, -0.1) is 0 Å². The molecule has 0 aromatic heterocycles. The summed E-state index contributed by atoms with van der Waals surface area (Å²) in [5.41, 5.74) is 0. The molecule has 0 N–H and O–H groups in total. The minimum atomic E-state index is -0.141. The molecule has 0 bridgehead atoms. The van der Waals surface area contributed by atoms with Crippen LogP contribution in [0.4, 0.5) is 0 Å². The first kappa shape index (κ1) is 18.9. The van der Waals surface area contributed by atoms with Crippen molar-refractivity contribution >= 4 is 14.8 Å². The van der Waals surface area contributed by atoms with E-state index < -0.39 is 0 Å². The van der Waals surface area contributed by atoms with Gasteiger partial charge >= 0.3 is 5.97 Å². The zero-order valence-electron chi connectivity index (χ0n) is 13.0. The highest BCUT2D eigenvalue weighted by Gasteiger charge is 1.95. The predicted octanol–water partition coefficient (Wildman–Crippen LogP) is 5.84. The first-order valence-corrected chi connectivity index (χ1v) is 9.29. The minimum absolute atomic E-state index is 0.141. The molecule has 0 aliphatic heterocycles. The second-order valence-electron chi connectivity index (χ2n) is 5.38. The minimum Gasteiger partial charge on any atom is -0.448 e. The molecule has 1 atom stereocenters. The average molecular weight is 288 g/mol. The van der Waals surface area contributed by atoms with E-state index in [1.54, 1.807) is 0 Å². The van der Waals surface area contributed by atoms with E-state index in [9.17, 15) is 4.79 Å². The maximum Gasteiger partial charge on any atom is 0.305 e. The van der Waals surface area contributed by atoms with Crippen molar-refractivity contribution in [2.45, 2.75) is 90.9 Å². The Morgan fingerprint density at radius 1 is 0.789 bits per heavy atom. The third-order valence-corrected chi connectivity index (χ3v) is 4.34. The van der Waals surface area contributed by atoms with Crippen molar-refractivity contribution in [2.75, 3.05) is 6.16 Å². The van der Waals surface area contributed by atoms with Crippen LogP contribution in [0.2, 0.25) is 0 Å². The number of hydrogen-bond acceptors (Lipinski definition) is 2. The smallest absolute Gasteiger partial charge is 0.305 e. The van der Waals surface area contributed by atoms with Gasteiger partial charge in [0.25, 0.3) is 0 Å². The summed E-state index contributed by atoms with van der Waals surface area (Å²) in [5.74, 6) is -0.141. The van der Waals surface area contributed by atoms with Crippen LogP contribution in [0.3, 0.4) is 0 Å². The van der Waals surface area contributed by atoms with Crippen LogP contribution in [-0.4, -0.2) is 12.1 Å². The molecule has 0 saturated heterocycles. The summed E-state index contributed by atoms with van der Waals surface area (Å²) in [5, 5.41) is 0. The van der Waals surface area contributed by atoms with E-state index in [2.05, 4.69) is 6.92 Å². The van der Waals surface area contributed by atoms with Gasteiger partial charge in [-0.1, -0.05) is 77.6 Å². The van der Waals surface area contributed by atoms with Gasteiger partial charge in [-0.05, 0) is 6.42 Å². The fourth-order valence-corrected chi connectivity index (χ4v) is 2.89. The third kappa shape index (κ3) is 17.9. The molecular formula is C16H33O2P. The van der Waals surface area contributed by atoms with Crippen molar-refractivity contribution in [3.05, 3.63) is 0 Å². The number of carbonyl (C=O) groups is 1. The normalized spacial score (nSPS) is 11.3. The van der Waals surface area contributed by atoms with Gasteiger partial charge in [-0.25, -0.2) is 0 Å². The summed E-state index contributed by atoms with van der Waals surface area (Å²) >= 11 is 0. The largest absolute Gasteiger partial charge is 0.448 e. The molecule has 0 aromatic rings. The van der Waals surface area contributed by atoms with Crippen LogP contribution in [0, 0.1) is 0 Å². The second-order valence-corrected chi connectivity index (χ2v) is 6.37. The van der Waals surface area contributed by atoms with Gasteiger partial charge in [0.05, 0.1) is 8.81 Å². The van der Waals surface area contributed by atoms with E-state index in [0.717, 1.165) is 6.16 Å². The molecule has 1 unspecified atom stereocenters. The highest BCUT2D eigenvalue weighted by Crippen LogP contribution is 2.16. The lowest BCUT2D eigenvalue weighted by Gasteiger charge is -2.03.